The summed E-state index contributed by atoms with van der Waals surface area (Å²) in [6, 6.07) is 5.81. The van der Waals surface area contributed by atoms with Gasteiger partial charge in [0.05, 0.1) is 39.1 Å². The maximum Gasteiger partial charge on any atom is 0.339 e. The number of nitrogens with zero attached hydrogens (tertiary/aromatic N) is 1. The normalized spacial score (nSPS) is 16.7. The van der Waals surface area contributed by atoms with E-state index < -0.39 is 5.97 Å². The van der Waals surface area contributed by atoms with E-state index in [1.165, 1.54) is 7.11 Å². The van der Waals surface area contributed by atoms with Crippen LogP contribution in [0.4, 0.5) is 0 Å². The highest BCUT2D eigenvalue weighted by molar-refractivity contribution is 6.02. The molecule has 2 heterocycles. The van der Waals surface area contributed by atoms with Crippen molar-refractivity contribution in [3.63, 3.8) is 0 Å². The second kappa shape index (κ2) is 8.69. The first kappa shape index (κ1) is 20.9. The lowest BCUT2D eigenvalue weighted by Crippen LogP contribution is -2.30. The average Bonchev–Trinajstić information content (AvgIpc) is 3.30. The highest BCUT2D eigenvalue weighted by atomic mass is 16.5. The Balaban J connectivity index is 1.85. The molecule has 0 bridgehead atoms. The quantitative estimate of drug-likeness (QED) is 0.566. The van der Waals surface area contributed by atoms with Gasteiger partial charge in [-0.25, -0.2) is 4.79 Å². The maximum absolute atomic E-state index is 13.1. The Morgan fingerprint density at radius 2 is 1.93 bits per heavy atom. The molecule has 1 atom stereocenters. The molecular weight excluding hydrogens is 372 g/mol. The van der Waals surface area contributed by atoms with Crippen LogP contribution in [0, 0.1) is 13.8 Å². The van der Waals surface area contributed by atoms with Gasteiger partial charge in [-0.15, -0.1) is 0 Å². The molecule has 1 aromatic heterocycles. The van der Waals surface area contributed by atoms with Crippen molar-refractivity contribution < 1.29 is 23.8 Å². The van der Waals surface area contributed by atoms with Gasteiger partial charge in [0.15, 0.2) is 5.78 Å². The van der Waals surface area contributed by atoms with Gasteiger partial charge in [0.1, 0.15) is 11.5 Å². The molecule has 1 fully saturated rings. The Morgan fingerprint density at radius 1 is 1.17 bits per heavy atom. The minimum absolute atomic E-state index is 0.0467. The Hall–Kier alpha value is -2.80. The van der Waals surface area contributed by atoms with Gasteiger partial charge in [-0.05, 0) is 57.0 Å². The second-order valence-electron chi connectivity index (χ2n) is 7.28. The first-order valence-corrected chi connectivity index (χ1v) is 9.67. The van der Waals surface area contributed by atoms with Crippen LogP contribution in [0.15, 0.2) is 18.2 Å². The molecule has 1 aromatic carbocycles. The summed E-state index contributed by atoms with van der Waals surface area (Å²) >= 11 is 0. The van der Waals surface area contributed by atoms with E-state index in [4.69, 9.17) is 14.2 Å². The zero-order chi connectivity index (χ0) is 21.1. The molecule has 0 spiro atoms. The molecule has 0 saturated carbocycles. The van der Waals surface area contributed by atoms with Gasteiger partial charge in [0.2, 0.25) is 0 Å². The predicted molar refractivity (Wildman–Crippen MR) is 109 cm³/mol. The van der Waals surface area contributed by atoms with Gasteiger partial charge < -0.3 is 19.2 Å². The van der Waals surface area contributed by atoms with Gasteiger partial charge >= 0.3 is 5.97 Å². The summed E-state index contributed by atoms with van der Waals surface area (Å²) in [5.74, 6) is 1.07. The molecule has 1 saturated heterocycles. The van der Waals surface area contributed by atoms with Crippen molar-refractivity contribution in [1.82, 2.24) is 9.88 Å². The average molecular weight is 400 g/mol. The monoisotopic (exact) mass is 400 g/mol. The molecular formula is C22H28N2O5. The molecule has 0 amide bonds. The summed E-state index contributed by atoms with van der Waals surface area (Å²) in [6.07, 6.45) is 1.93. The Morgan fingerprint density at radius 3 is 2.59 bits per heavy atom. The van der Waals surface area contributed by atoms with E-state index in [-0.39, 0.29) is 18.4 Å². The molecule has 29 heavy (non-hydrogen) atoms. The zero-order valence-corrected chi connectivity index (χ0v) is 17.6. The van der Waals surface area contributed by atoms with Gasteiger partial charge in [-0.3, -0.25) is 9.69 Å². The lowest BCUT2D eigenvalue weighted by Gasteiger charge is -2.26. The van der Waals surface area contributed by atoms with E-state index in [1.807, 2.05) is 18.2 Å². The summed E-state index contributed by atoms with van der Waals surface area (Å²) in [7, 11) is 4.62. The van der Waals surface area contributed by atoms with E-state index in [1.54, 1.807) is 28.1 Å². The van der Waals surface area contributed by atoms with Gasteiger partial charge in [0, 0.05) is 17.3 Å². The number of ether oxygens (including phenoxy) is 3. The van der Waals surface area contributed by atoms with Crippen LogP contribution in [-0.4, -0.2) is 56.1 Å². The third-order valence-electron chi connectivity index (χ3n) is 5.61. The number of benzene rings is 1. The first-order valence-electron chi connectivity index (χ1n) is 9.67. The van der Waals surface area contributed by atoms with E-state index in [9.17, 15) is 9.59 Å². The standard InChI is InChI=1S/C22H28N2O5/c1-13-20(22(26)29-5)14(2)23-21(13)18(25)12-24-10-6-7-17(24)16-11-15(27-3)8-9-19(16)28-4/h8-9,11,17,23H,6-7,10,12H2,1-5H3/t17-/m0/s1. The van der Waals surface area contributed by atoms with E-state index >= 15 is 0 Å². The Bertz CT molecular complexity index is 918. The van der Waals surface area contributed by atoms with Crippen LogP contribution in [0.5, 0.6) is 11.5 Å². The number of Topliss-reactive ketones (excluding diaryl/α,β-unsaturated/α-hetero) is 1. The number of hydrogen-bond acceptors (Lipinski definition) is 6. The van der Waals surface area contributed by atoms with Crippen LogP contribution in [0.1, 0.15) is 56.6 Å². The molecule has 2 aromatic rings. The molecule has 1 aliphatic rings. The van der Waals surface area contributed by atoms with E-state index in [0.717, 1.165) is 36.4 Å². The molecule has 0 aliphatic carbocycles. The lowest BCUT2D eigenvalue weighted by molar-refractivity contribution is 0.0599. The first-order chi connectivity index (χ1) is 13.9. The predicted octanol–water partition coefficient (Wildman–Crippen LogP) is 3.46. The molecule has 1 aliphatic heterocycles. The third kappa shape index (κ3) is 4.00. The topological polar surface area (TPSA) is 80.9 Å². The Kier molecular flexibility index (Phi) is 6.27. The smallest absolute Gasteiger partial charge is 0.339 e. The maximum atomic E-state index is 13.1. The number of rotatable bonds is 7. The number of aromatic amines is 1. The zero-order valence-electron chi connectivity index (χ0n) is 17.6. The molecule has 1 N–H and O–H groups in total. The Labute approximate surface area is 170 Å². The highest BCUT2D eigenvalue weighted by Crippen LogP contribution is 2.39. The number of carbonyl (C=O) groups is 2. The minimum atomic E-state index is -0.435. The molecule has 156 valence electrons. The number of H-pyrrole nitrogens is 1. The summed E-state index contributed by atoms with van der Waals surface area (Å²) in [6.45, 7) is 4.62. The summed E-state index contributed by atoms with van der Waals surface area (Å²) in [5.41, 5.74) is 3.19. The fraction of sp³-hybridized carbons (Fsp3) is 0.455. The van der Waals surface area contributed by atoms with Crippen molar-refractivity contribution in [2.75, 3.05) is 34.4 Å². The summed E-state index contributed by atoms with van der Waals surface area (Å²) in [4.78, 5) is 30.3. The number of carbonyl (C=O) groups excluding carboxylic acids is 2. The van der Waals surface area contributed by atoms with Crippen LogP contribution in [-0.2, 0) is 4.74 Å². The fourth-order valence-electron chi connectivity index (χ4n) is 4.17. The number of aromatic nitrogens is 1. The van der Waals surface area contributed by atoms with E-state index in [2.05, 4.69) is 9.88 Å². The van der Waals surface area contributed by atoms with Crippen molar-refractivity contribution in [2.45, 2.75) is 32.7 Å². The molecule has 0 unspecified atom stereocenters. The number of nitrogens with one attached hydrogen (secondary N) is 1. The van der Waals surface area contributed by atoms with Crippen LogP contribution in [0.2, 0.25) is 0 Å². The SMILES string of the molecule is COC(=O)c1c(C)[nH]c(C(=O)CN2CCC[C@H]2c2cc(OC)ccc2OC)c1C. The number of methoxy groups -OCH3 is 3. The van der Waals surface area contributed by atoms with Crippen molar-refractivity contribution >= 4 is 11.8 Å². The van der Waals surface area contributed by atoms with Gasteiger partial charge in [-0.1, -0.05) is 0 Å². The largest absolute Gasteiger partial charge is 0.497 e. The van der Waals surface area contributed by atoms with Crippen LogP contribution >= 0.6 is 0 Å². The van der Waals surface area contributed by atoms with Crippen molar-refractivity contribution in [3.05, 3.63) is 46.3 Å². The van der Waals surface area contributed by atoms with E-state index in [0.29, 0.717) is 22.5 Å². The number of esters is 1. The number of hydrogen-bond donors (Lipinski definition) is 1. The van der Waals surface area contributed by atoms with Crippen molar-refractivity contribution in [1.29, 1.82) is 0 Å². The highest BCUT2D eigenvalue weighted by Gasteiger charge is 2.31. The molecule has 3 rings (SSSR count). The number of likely N-dealkylation sites (tertiary alicyclic amines) is 1. The van der Waals surface area contributed by atoms with Gasteiger partial charge in [-0.2, -0.15) is 0 Å². The molecule has 0 radical (unpaired) electrons. The number of ketones is 1. The summed E-state index contributed by atoms with van der Waals surface area (Å²) < 4.78 is 15.8. The molecule has 7 nitrogen and oxygen atoms in total. The van der Waals surface area contributed by atoms with Crippen LogP contribution < -0.4 is 9.47 Å². The van der Waals surface area contributed by atoms with Crippen molar-refractivity contribution in [2.24, 2.45) is 0 Å². The van der Waals surface area contributed by atoms with Crippen LogP contribution in [0.3, 0.4) is 0 Å². The van der Waals surface area contributed by atoms with Gasteiger partial charge in [0.25, 0.3) is 0 Å². The lowest BCUT2D eigenvalue weighted by atomic mass is 10.0. The van der Waals surface area contributed by atoms with Crippen LogP contribution in [0.25, 0.3) is 0 Å². The fourth-order valence-corrected chi connectivity index (χ4v) is 4.17. The molecule has 7 heteroatoms. The summed E-state index contributed by atoms with van der Waals surface area (Å²) in [5, 5.41) is 0. The second-order valence-corrected chi connectivity index (χ2v) is 7.28. The third-order valence-corrected chi connectivity index (χ3v) is 5.61. The van der Waals surface area contributed by atoms with Crippen molar-refractivity contribution in [3.8, 4) is 11.5 Å². The number of aryl methyl sites for hydroxylation is 1. The minimum Gasteiger partial charge on any atom is -0.497 e.